The van der Waals surface area contributed by atoms with Crippen LogP contribution in [0.2, 0.25) is 0 Å². The van der Waals surface area contributed by atoms with Gasteiger partial charge in [-0.05, 0) is 39.5 Å². The van der Waals surface area contributed by atoms with Gasteiger partial charge in [-0.2, -0.15) is 0 Å². The van der Waals surface area contributed by atoms with Gasteiger partial charge in [-0.25, -0.2) is 0 Å². The zero-order chi connectivity index (χ0) is 14.6. The summed E-state index contributed by atoms with van der Waals surface area (Å²) in [5, 5.41) is 9.31. The minimum Gasteiger partial charge on any atom is -0.480 e. The van der Waals surface area contributed by atoms with Crippen molar-refractivity contribution in [3.8, 4) is 0 Å². The summed E-state index contributed by atoms with van der Waals surface area (Å²) in [6, 6.07) is 0. The van der Waals surface area contributed by atoms with Crippen LogP contribution in [0.25, 0.3) is 0 Å². The number of carboxylic acid groups (broad SMARTS) is 1. The van der Waals surface area contributed by atoms with E-state index in [1.165, 1.54) is 0 Å². The van der Waals surface area contributed by atoms with E-state index in [1.54, 1.807) is 4.90 Å². The number of carbonyl (C=O) groups is 2. The molecule has 2 aliphatic carbocycles. The molecular weight excluding hydrogens is 258 g/mol. The summed E-state index contributed by atoms with van der Waals surface area (Å²) >= 11 is 0. The quantitative estimate of drug-likeness (QED) is 0.784. The van der Waals surface area contributed by atoms with Crippen LogP contribution >= 0.6 is 0 Å². The van der Waals surface area contributed by atoms with Gasteiger partial charge < -0.3 is 14.7 Å². The van der Waals surface area contributed by atoms with E-state index in [0.29, 0.717) is 25.9 Å². The van der Waals surface area contributed by atoms with E-state index in [0.717, 1.165) is 25.7 Å². The molecule has 1 saturated heterocycles. The Bertz CT molecular complexity index is 447. The molecule has 3 aliphatic rings. The van der Waals surface area contributed by atoms with Crippen molar-refractivity contribution >= 4 is 11.9 Å². The molecule has 112 valence electrons. The van der Waals surface area contributed by atoms with Gasteiger partial charge in [0.2, 0.25) is 5.91 Å². The molecule has 3 rings (SSSR count). The van der Waals surface area contributed by atoms with Gasteiger partial charge in [-0.15, -0.1) is 0 Å². The highest BCUT2D eigenvalue weighted by Crippen LogP contribution is 2.49. The lowest BCUT2D eigenvalue weighted by Crippen LogP contribution is -2.61. The van der Waals surface area contributed by atoms with Gasteiger partial charge in [0.25, 0.3) is 0 Å². The number of amides is 1. The fourth-order valence-corrected chi connectivity index (χ4v) is 3.88. The number of hydrogen-bond acceptors (Lipinski definition) is 3. The molecule has 1 spiro atoms. The van der Waals surface area contributed by atoms with Crippen molar-refractivity contribution in [1.29, 1.82) is 0 Å². The molecule has 0 aromatic rings. The fraction of sp³-hybridized carbons (Fsp3) is 0.867. The van der Waals surface area contributed by atoms with Crippen LogP contribution in [-0.2, 0) is 14.3 Å². The number of rotatable bonds is 2. The van der Waals surface area contributed by atoms with E-state index in [9.17, 15) is 14.7 Å². The average molecular weight is 281 g/mol. The third-order valence-electron chi connectivity index (χ3n) is 4.91. The predicted molar refractivity (Wildman–Crippen MR) is 72.2 cm³/mol. The summed E-state index contributed by atoms with van der Waals surface area (Å²) in [6.45, 7) is 5.03. The Labute approximate surface area is 119 Å². The Hall–Kier alpha value is -1.10. The fourth-order valence-electron chi connectivity index (χ4n) is 3.88. The number of aliphatic carboxylic acids is 1. The molecule has 1 amide bonds. The van der Waals surface area contributed by atoms with E-state index < -0.39 is 17.0 Å². The zero-order valence-electron chi connectivity index (χ0n) is 12.3. The molecular formula is C15H23NO4. The van der Waals surface area contributed by atoms with Gasteiger partial charge in [-0.3, -0.25) is 9.59 Å². The number of nitrogens with zero attached hydrogens (tertiary/aromatic N) is 1. The maximum atomic E-state index is 12.6. The van der Waals surface area contributed by atoms with Crippen LogP contribution < -0.4 is 0 Å². The number of hydrogen-bond donors (Lipinski definition) is 1. The number of ether oxygens (including phenoxy) is 1. The van der Waals surface area contributed by atoms with Crippen molar-refractivity contribution in [3.05, 3.63) is 0 Å². The summed E-state index contributed by atoms with van der Waals surface area (Å²) in [5.41, 5.74) is -1.77. The van der Waals surface area contributed by atoms with Gasteiger partial charge in [0.1, 0.15) is 5.41 Å². The first-order valence-corrected chi connectivity index (χ1v) is 7.52. The minimum absolute atomic E-state index is 0.201. The van der Waals surface area contributed by atoms with Gasteiger partial charge in [0.15, 0.2) is 0 Å². The van der Waals surface area contributed by atoms with E-state index in [-0.39, 0.29) is 11.5 Å². The van der Waals surface area contributed by atoms with E-state index >= 15 is 0 Å². The molecule has 1 heterocycles. The molecule has 2 saturated carbocycles. The summed E-state index contributed by atoms with van der Waals surface area (Å²) in [6.07, 6.45) is 5.16. The van der Waals surface area contributed by atoms with Gasteiger partial charge in [0, 0.05) is 13.1 Å². The maximum absolute atomic E-state index is 12.6. The largest absolute Gasteiger partial charge is 0.480 e. The molecule has 3 fully saturated rings. The topological polar surface area (TPSA) is 66.8 Å². The van der Waals surface area contributed by atoms with Gasteiger partial charge >= 0.3 is 5.97 Å². The molecule has 0 bridgehead atoms. The van der Waals surface area contributed by atoms with Crippen molar-refractivity contribution in [2.75, 3.05) is 13.1 Å². The van der Waals surface area contributed by atoms with E-state index in [4.69, 9.17) is 4.74 Å². The van der Waals surface area contributed by atoms with E-state index in [2.05, 4.69) is 0 Å². The molecule has 0 unspecified atom stereocenters. The molecule has 0 radical (unpaired) electrons. The van der Waals surface area contributed by atoms with Crippen LogP contribution in [0.4, 0.5) is 0 Å². The molecule has 0 aromatic carbocycles. The average Bonchev–Trinajstić information content (AvgIpc) is 3.05. The Kier molecular flexibility index (Phi) is 2.91. The van der Waals surface area contributed by atoms with Crippen molar-refractivity contribution in [3.63, 3.8) is 0 Å². The highest BCUT2D eigenvalue weighted by atomic mass is 16.5. The van der Waals surface area contributed by atoms with Crippen molar-refractivity contribution in [1.82, 2.24) is 4.90 Å². The van der Waals surface area contributed by atoms with Crippen molar-refractivity contribution < 1.29 is 19.4 Å². The highest BCUT2D eigenvalue weighted by Gasteiger charge is 2.60. The normalized spacial score (nSPS) is 29.4. The summed E-state index contributed by atoms with van der Waals surface area (Å²) in [4.78, 5) is 25.8. The first-order chi connectivity index (χ1) is 9.29. The summed E-state index contributed by atoms with van der Waals surface area (Å²) in [5.74, 6) is -1.17. The van der Waals surface area contributed by atoms with Crippen molar-refractivity contribution in [2.45, 2.75) is 63.6 Å². The van der Waals surface area contributed by atoms with Crippen LogP contribution in [-0.4, -0.2) is 46.2 Å². The smallest absolute Gasteiger partial charge is 0.319 e. The maximum Gasteiger partial charge on any atom is 0.319 e. The zero-order valence-corrected chi connectivity index (χ0v) is 12.3. The third-order valence-corrected chi connectivity index (χ3v) is 4.91. The number of morpholine rings is 1. The van der Waals surface area contributed by atoms with Gasteiger partial charge in [0.05, 0.1) is 11.2 Å². The molecule has 5 heteroatoms. The van der Waals surface area contributed by atoms with Crippen LogP contribution in [0.5, 0.6) is 0 Å². The Morgan fingerprint density at radius 3 is 2.15 bits per heavy atom. The van der Waals surface area contributed by atoms with Crippen molar-refractivity contribution in [2.24, 2.45) is 5.41 Å². The number of carboxylic acids is 1. The molecule has 1 aliphatic heterocycles. The Balaban J connectivity index is 1.82. The first-order valence-electron chi connectivity index (χ1n) is 7.52. The Morgan fingerprint density at radius 1 is 1.05 bits per heavy atom. The monoisotopic (exact) mass is 281 g/mol. The lowest BCUT2D eigenvalue weighted by Gasteiger charge is -2.49. The molecule has 5 nitrogen and oxygen atoms in total. The molecule has 0 atom stereocenters. The van der Waals surface area contributed by atoms with E-state index in [1.807, 2.05) is 13.8 Å². The second-order valence-corrected chi connectivity index (χ2v) is 7.30. The van der Waals surface area contributed by atoms with Crippen LogP contribution in [0.1, 0.15) is 52.4 Å². The second kappa shape index (κ2) is 4.20. The second-order valence-electron chi connectivity index (χ2n) is 7.30. The lowest BCUT2D eigenvalue weighted by atomic mass is 9.92. The van der Waals surface area contributed by atoms with Crippen LogP contribution in [0, 0.1) is 5.41 Å². The standard InChI is InChI=1S/C15H23NO4/c1-13(2)9-16(10-14(20-13)5-3-4-6-14)11(17)15(7-8-15)12(18)19/h3-10H2,1-2H3,(H,18,19). The van der Waals surface area contributed by atoms with Crippen LogP contribution in [0.3, 0.4) is 0 Å². The summed E-state index contributed by atoms with van der Waals surface area (Å²) in [7, 11) is 0. The highest BCUT2D eigenvalue weighted by molar-refractivity contribution is 6.04. The third kappa shape index (κ3) is 2.12. The molecule has 0 aromatic heterocycles. The lowest BCUT2D eigenvalue weighted by molar-refractivity contribution is -0.201. The van der Waals surface area contributed by atoms with Gasteiger partial charge in [-0.1, -0.05) is 12.8 Å². The SMILES string of the molecule is CC1(C)CN(C(=O)C2(C(=O)O)CC2)CC2(CCCC2)O1. The number of carbonyl (C=O) groups excluding carboxylic acids is 1. The predicted octanol–water partition coefficient (Wildman–Crippen LogP) is 1.80. The minimum atomic E-state index is -1.13. The molecule has 20 heavy (non-hydrogen) atoms. The first kappa shape index (κ1) is 13.9. The van der Waals surface area contributed by atoms with Crippen LogP contribution in [0.15, 0.2) is 0 Å². The molecule has 1 N–H and O–H groups in total. The Morgan fingerprint density at radius 2 is 1.65 bits per heavy atom. The summed E-state index contributed by atoms with van der Waals surface area (Å²) < 4.78 is 6.25.